The van der Waals surface area contributed by atoms with Crippen LogP contribution in [-0.4, -0.2) is 25.0 Å². The summed E-state index contributed by atoms with van der Waals surface area (Å²) in [4.78, 5) is 13.2. The Labute approximate surface area is 200 Å². The Morgan fingerprint density at radius 2 is 1.91 bits per heavy atom. The maximum Gasteiger partial charge on any atom is 0.261 e. The van der Waals surface area contributed by atoms with Gasteiger partial charge in [-0.05, 0) is 49.7 Å². The summed E-state index contributed by atoms with van der Waals surface area (Å²) < 4.78 is 24.6. The molecule has 0 unspecified atom stereocenters. The lowest BCUT2D eigenvalue weighted by Crippen LogP contribution is -2.38. The monoisotopic (exact) mass is 468 g/mol. The van der Waals surface area contributed by atoms with E-state index in [1.807, 2.05) is 12.1 Å². The van der Waals surface area contributed by atoms with Gasteiger partial charge in [-0.1, -0.05) is 5.16 Å². The van der Waals surface area contributed by atoms with Crippen molar-refractivity contribution in [3.8, 4) is 17.2 Å². The number of rotatable bonds is 3. The number of hydrogen-bond donors (Lipinski definition) is 1. The van der Waals surface area contributed by atoms with E-state index in [1.54, 1.807) is 21.0 Å². The third-order valence-corrected chi connectivity index (χ3v) is 7.10. The van der Waals surface area contributed by atoms with Crippen LogP contribution in [0.4, 0.5) is 5.69 Å². The number of aryl methyl sites for hydroxylation is 4. The van der Waals surface area contributed by atoms with Crippen LogP contribution in [0.5, 0.6) is 17.2 Å². The van der Waals surface area contributed by atoms with E-state index in [1.165, 1.54) is 10.9 Å². The van der Waals surface area contributed by atoms with Gasteiger partial charge in [0.1, 0.15) is 17.1 Å². The number of pyridine rings is 1. The maximum absolute atomic E-state index is 13.2. The van der Waals surface area contributed by atoms with E-state index in [4.69, 9.17) is 18.7 Å². The summed E-state index contributed by atoms with van der Waals surface area (Å²) in [6.45, 7) is 4.55. The van der Waals surface area contributed by atoms with Gasteiger partial charge < -0.3 is 24.1 Å². The summed E-state index contributed by atoms with van der Waals surface area (Å²) in [5.74, 6) is 2.41. The number of carbonyl (C=O) groups is 1. The summed E-state index contributed by atoms with van der Waals surface area (Å²) >= 11 is 0. The van der Waals surface area contributed by atoms with Crippen molar-refractivity contribution < 1.29 is 28.1 Å². The Hall–Kier alpha value is -4.33. The summed E-state index contributed by atoms with van der Waals surface area (Å²) in [7, 11) is 1.60. The van der Waals surface area contributed by atoms with E-state index in [-0.39, 0.29) is 12.7 Å². The second kappa shape index (κ2) is 7.09. The molecule has 0 saturated carbocycles. The highest BCUT2D eigenvalue weighted by Gasteiger charge is 2.30. The van der Waals surface area contributed by atoms with Crippen molar-refractivity contribution in [2.24, 2.45) is 0 Å². The molecule has 0 aliphatic carbocycles. The smallest absolute Gasteiger partial charge is 0.261 e. The van der Waals surface area contributed by atoms with Gasteiger partial charge >= 0.3 is 0 Å². The van der Waals surface area contributed by atoms with Crippen LogP contribution >= 0.6 is 0 Å². The fourth-order valence-electron chi connectivity index (χ4n) is 5.54. The van der Waals surface area contributed by atoms with Gasteiger partial charge in [0, 0.05) is 17.2 Å². The molecule has 0 bridgehead atoms. The largest absolute Gasteiger partial charge is 0.495 e. The highest BCUT2D eigenvalue weighted by atomic mass is 16.7. The summed E-state index contributed by atoms with van der Waals surface area (Å²) in [5, 5.41) is 12.3. The molecule has 3 aromatic carbocycles. The summed E-state index contributed by atoms with van der Waals surface area (Å²) in [6.07, 6.45) is 2.98. The van der Waals surface area contributed by atoms with Gasteiger partial charge in [-0.15, -0.1) is 0 Å². The van der Waals surface area contributed by atoms with Crippen LogP contribution in [0.25, 0.3) is 32.4 Å². The molecular formula is C27H22N3O5+. The number of anilines is 1. The average Bonchev–Trinajstić information content (AvgIpc) is 3.47. The van der Waals surface area contributed by atoms with Crippen molar-refractivity contribution in [2.75, 3.05) is 19.2 Å². The van der Waals surface area contributed by atoms with Gasteiger partial charge in [0.25, 0.3) is 5.91 Å². The Balaban J connectivity index is 1.50. The second-order valence-corrected chi connectivity index (χ2v) is 8.98. The molecule has 4 heterocycles. The summed E-state index contributed by atoms with van der Waals surface area (Å²) in [6, 6.07) is 10.3. The molecule has 7 rings (SSSR count). The van der Waals surface area contributed by atoms with E-state index < -0.39 is 0 Å². The predicted octanol–water partition coefficient (Wildman–Crippen LogP) is 4.58. The van der Waals surface area contributed by atoms with Gasteiger partial charge in [0.2, 0.25) is 12.3 Å². The van der Waals surface area contributed by atoms with Gasteiger partial charge in [-0.2, -0.15) is 4.57 Å². The number of aromatic nitrogens is 2. The Morgan fingerprint density at radius 3 is 2.71 bits per heavy atom. The molecule has 174 valence electrons. The van der Waals surface area contributed by atoms with Crippen molar-refractivity contribution >= 4 is 44.0 Å². The van der Waals surface area contributed by atoms with E-state index in [0.29, 0.717) is 28.5 Å². The topological polar surface area (TPSA) is 86.7 Å². The lowest BCUT2D eigenvalue weighted by atomic mass is 9.92. The lowest BCUT2D eigenvalue weighted by Gasteiger charge is -2.18. The minimum Gasteiger partial charge on any atom is -0.495 e. The van der Waals surface area contributed by atoms with Crippen molar-refractivity contribution in [1.82, 2.24) is 5.16 Å². The number of methoxy groups -OCH3 is 1. The Bertz CT molecular complexity index is 1720. The van der Waals surface area contributed by atoms with Crippen LogP contribution in [-0.2, 0) is 13.0 Å². The number of amides is 1. The quantitative estimate of drug-likeness (QED) is 0.308. The molecule has 0 atom stereocenters. The predicted molar refractivity (Wildman–Crippen MR) is 129 cm³/mol. The summed E-state index contributed by atoms with van der Waals surface area (Å²) in [5.41, 5.74) is 4.02. The number of nitrogens with zero attached hydrogens (tertiary/aromatic N) is 2. The average molecular weight is 468 g/mol. The van der Waals surface area contributed by atoms with Crippen LogP contribution < -0.4 is 24.1 Å². The third-order valence-electron chi connectivity index (χ3n) is 7.10. The minimum atomic E-state index is -0.278. The van der Waals surface area contributed by atoms with Crippen LogP contribution in [0, 0.1) is 13.8 Å². The molecule has 1 N–H and O–H groups in total. The molecule has 8 nitrogen and oxygen atoms in total. The molecule has 2 aliphatic rings. The minimum absolute atomic E-state index is 0.248. The number of nitrogens with one attached hydrogen (secondary N) is 1. The van der Waals surface area contributed by atoms with E-state index >= 15 is 0 Å². The van der Waals surface area contributed by atoms with Crippen molar-refractivity contribution in [3.05, 3.63) is 59.1 Å². The van der Waals surface area contributed by atoms with E-state index in [9.17, 15) is 4.79 Å². The van der Waals surface area contributed by atoms with Crippen LogP contribution in [0.15, 0.2) is 41.1 Å². The Morgan fingerprint density at radius 1 is 1.09 bits per heavy atom. The molecule has 5 aromatic rings. The number of benzene rings is 3. The first kappa shape index (κ1) is 20.1. The molecular weight excluding hydrogens is 446 g/mol. The maximum atomic E-state index is 13.2. The standard InChI is InChI=1S/C27H21N3O5/c1-13-22(14(2)35-29-13)27(31)28-24-19-11-30-9-8-15-10-21-26(34-12-33-21)18-5-4-17(25(30)23(15)18)16(19)6-7-20(24)32-3/h4-7,10-11H,8-9,12H2,1-3H3/p+1. The van der Waals surface area contributed by atoms with Crippen molar-refractivity contribution in [3.63, 3.8) is 0 Å². The zero-order valence-corrected chi connectivity index (χ0v) is 19.5. The second-order valence-electron chi connectivity index (χ2n) is 8.98. The SMILES string of the molecule is COc1ccc2c(c[n+]3c4c2ccc2c5c(cc(c24)CC3)OCO5)c1NC(=O)c1c(C)noc1C. The number of carbonyl (C=O) groups excluding carboxylic acids is 1. The number of ether oxygens (including phenoxy) is 3. The lowest BCUT2D eigenvalue weighted by molar-refractivity contribution is -0.670. The van der Waals surface area contributed by atoms with Gasteiger partial charge in [0.05, 0.1) is 34.6 Å². The zero-order chi connectivity index (χ0) is 23.8. The third kappa shape index (κ3) is 2.70. The molecule has 0 spiro atoms. The van der Waals surface area contributed by atoms with Crippen molar-refractivity contribution in [1.29, 1.82) is 0 Å². The van der Waals surface area contributed by atoms with Gasteiger partial charge in [-0.3, -0.25) is 4.79 Å². The number of fused-ring (bicyclic) bond motifs is 4. The normalized spacial score (nSPS) is 13.8. The molecule has 2 aliphatic heterocycles. The van der Waals surface area contributed by atoms with E-state index in [2.05, 4.69) is 39.4 Å². The fraction of sp³-hybridized carbons (Fsp3) is 0.222. The molecule has 2 aromatic heterocycles. The highest BCUT2D eigenvalue weighted by Crippen LogP contribution is 2.45. The first-order valence-corrected chi connectivity index (χ1v) is 11.5. The van der Waals surface area contributed by atoms with Crippen LogP contribution in [0.3, 0.4) is 0 Å². The molecule has 35 heavy (non-hydrogen) atoms. The molecule has 8 heteroatoms. The Kier molecular flexibility index (Phi) is 4.06. The van der Waals surface area contributed by atoms with Gasteiger partial charge in [-0.25, -0.2) is 0 Å². The fourth-order valence-corrected chi connectivity index (χ4v) is 5.54. The molecule has 0 fully saturated rings. The first-order valence-electron chi connectivity index (χ1n) is 11.5. The highest BCUT2D eigenvalue weighted by molar-refractivity contribution is 6.20. The van der Waals surface area contributed by atoms with Crippen LogP contribution in [0.1, 0.15) is 27.4 Å². The first-order chi connectivity index (χ1) is 17.0. The molecule has 0 saturated heterocycles. The molecule has 0 radical (unpaired) electrons. The van der Waals surface area contributed by atoms with Crippen LogP contribution in [0.2, 0.25) is 0 Å². The number of hydrogen-bond acceptors (Lipinski definition) is 6. The van der Waals surface area contributed by atoms with E-state index in [0.717, 1.165) is 51.5 Å². The van der Waals surface area contributed by atoms with Gasteiger partial charge in [0.15, 0.2) is 24.2 Å². The molecule has 1 amide bonds. The zero-order valence-electron chi connectivity index (χ0n) is 19.5. The van der Waals surface area contributed by atoms with Crippen molar-refractivity contribution in [2.45, 2.75) is 26.8 Å².